The second-order valence-electron chi connectivity index (χ2n) is 5.62. The van der Waals surface area contributed by atoms with Gasteiger partial charge >= 0.3 is 0 Å². The molecule has 1 aliphatic rings. The summed E-state index contributed by atoms with van der Waals surface area (Å²) in [5.74, 6) is 0.0753. The Hall–Kier alpha value is -1.73. The normalized spacial score (nSPS) is 16.7. The van der Waals surface area contributed by atoms with Crippen molar-refractivity contribution >= 4 is 17.2 Å². The van der Waals surface area contributed by atoms with Gasteiger partial charge in [-0.05, 0) is 19.4 Å². The van der Waals surface area contributed by atoms with Crippen LogP contribution in [0.2, 0.25) is 0 Å². The van der Waals surface area contributed by atoms with Crippen molar-refractivity contribution in [1.29, 1.82) is 0 Å². The summed E-state index contributed by atoms with van der Waals surface area (Å²) in [7, 11) is 1.81. The molecular formula is C15H21N5OS. The first-order valence-electron chi connectivity index (χ1n) is 7.54. The van der Waals surface area contributed by atoms with Gasteiger partial charge in [0.2, 0.25) is 0 Å². The molecule has 1 amide bonds. The summed E-state index contributed by atoms with van der Waals surface area (Å²) in [6, 6.07) is 1.78. The lowest BCUT2D eigenvalue weighted by Crippen LogP contribution is -2.36. The van der Waals surface area contributed by atoms with Gasteiger partial charge in [-0.2, -0.15) is 5.10 Å². The Morgan fingerprint density at radius 3 is 2.86 bits per heavy atom. The van der Waals surface area contributed by atoms with Crippen LogP contribution in [0.5, 0.6) is 0 Å². The maximum Gasteiger partial charge on any atom is 0.272 e. The molecule has 3 heterocycles. The summed E-state index contributed by atoms with van der Waals surface area (Å²) in [6.45, 7) is 6.36. The summed E-state index contributed by atoms with van der Waals surface area (Å²) in [6.07, 6.45) is 2.66. The highest BCUT2D eigenvalue weighted by Gasteiger charge is 2.22. The van der Waals surface area contributed by atoms with Crippen LogP contribution < -0.4 is 0 Å². The van der Waals surface area contributed by atoms with Crippen LogP contribution in [0.4, 0.5) is 0 Å². The fraction of sp³-hybridized carbons (Fsp3) is 0.533. The van der Waals surface area contributed by atoms with E-state index in [0.29, 0.717) is 5.69 Å². The molecule has 2 aromatic heterocycles. The Labute approximate surface area is 134 Å². The summed E-state index contributed by atoms with van der Waals surface area (Å²) in [5, 5.41) is 7.31. The molecule has 1 fully saturated rings. The standard InChI is InChI=1S/C15H21N5OS/c1-12-17-13(11-22-12)10-19-6-3-7-20(9-8-19)15(21)14-4-5-16-18(14)2/h4-5,11H,3,6-10H2,1-2H3. The van der Waals surface area contributed by atoms with Crippen molar-refractivity contribution in [2.75, 3.05) is 26.2 Å². The molecule has 0 aliphatic carbocycles. The van der Waals surface area contributed by atoms with E-state index in [1.165, 1.54) is 0 Å². The van der Waals surface area contributed by atoms with Gasteiger partial charge in [0.05, 0.1) is 10.7 Å². The summed E-state index contributed by atoms with van der Waals surface area (Å²) >= 11 is 1.69. The number of rotatable bonds is 3. The van der Waals surface area contributed by atoms with E-state index in [-0.39, 0.29) is 5.91 Å². The van der Waals surface area contributed by atoms with E-state index in [9.17, 15) is 4.79 Å². The smallest absolute Gasteiger partial charge is 0.272 e. The van der Waals surface area contributed by atoms with Crippen molar-refractivity contribution in [3.8, 4) is 0 Å². The molecule has 0 aromatic carbocycles. The Balaban J connectivity index is 1.60. The van der Waals surface area contributed by atoms with E-state index in [4.69, 9.17) is 0 Å². The third kappa shape index (κ3) is 3.36. The van der Waals surface area contributed by atoms with Crippen molar-refractivity contribution in [3.05, 3.63) is 34.0 Å². The highest BCUT2D eigenvalue weighted by molar-refractivity contribution is 7.09. The van der Waals surface area contributed by atoms with Gasteiger partial charge in [-0.15, -0.1) is 11.3 Å². The lowest BCUT2D eigenvalue weighted by Gasteiger charge is -2.21. The lowest BCUT2D eigenvalue weighted by atomic mass is 10.3. The highest BCUT2D eigenvalue weighted by atomic mass is 32.1. The second kappa shape index (κ2) is 6.58. The number of hydrogen-bond acceptors (Lipinski definition) is 5. The molecule has 0 atom stereocenters. The molecule has 3 rings (SSSR count). The molecule has 0 spiro atoms. The van der Waals surface area contributed by atoms with Crippen LogP contribution in [0.25, 0.3) is 0 Å². The SMILES string of the molecule is Cc1nc(CN2CCCN(C(=O)c3ccnn3C)CC2)cs1. The number of carbonyl (C=O) groups excluding carboxylic acids is 1. The monoisotopic (exact) mass is 319 g/mol. The highest BCUT2D eigenvalue weighted by Crippen LogP contribution is 2.13. The lowest BCUT2D eigenvalue weighted by molar-refractivity contribution is 0.0750. The predicted octanol–water partition coefficient (Wildman–Crippen LogP) is 1.53. The fourth-order valence-corrected chi connectivity index (χ4v) is 3.39. The Morgan fingerprint density at radius 2 is 2.18 bits per heavy atom. The number of aromatic nitrogens is 3. The molecule has 6 nitrogen and oxygen atoms in total. The Morgan fingerprint density at radius 1 is 1.32 bits per heavy atom. The van der Waals surface area contributed by atoms with Crippen molar-refractivity contribution < 1.29 is 4.79 Å². The van der Waals surface area contributed by atoms with Crippen molar-refractivity contribution in [2.45, 2.75) is 19.9 Å². The van der Waals surface area contributed by atoms with E-state index >= 15 is 0 Å². The average molecular weight is 319 g/mol. The third-order valence-electron chi connectivity index (χ3n) is 3.97. The number of amides is 1. The molecule has 2 aromatic rings. The van der Waals surface area contributed by atoms with Crippen LogP contribution in [-0.2, 0) is 13.6 Å². The summed E-state index contributed by atoms with van der Waals surface area (Å²) in [5.41, 5.74) is 1.79. The first-order chi connectivity index (χ1) is 10.6. The van der Waals surface area contributed by atoms with Gasteiger partial charge in [0, 0.05) is 51.3 Å². The van der Waals surface area contributed by atoms with Crippen LogP contribution in [0.1, 0.15) is 27.6 Å². The predicted molar refractivity (Wildman–Crippen MR) is 85.9 cm³/mol. The summed E-state index contributed by atoms with van der Waals surface area (Å²) in [4.78, 5) is 21.4. The number of carbonyl (C=O) groups is 1. The van der Waals surface area contributed by atoms with E-state index < -0.39 is 0 Å². The maximum absolute atomic E-state index is 12.5. The molecule has 1 aliphatic heterocycles. The average Bonchev–Trinajstić information content (AvgIpc) is 3.02. The van der Waals surface area contributed by atoms with Crippen molar-refractivity contribution in [1.82, 2.24) is 24.6 Å². The van der Waals surface area contributed by atoms with E-state index in [2.05, 4.69) is 20.4 Å². The fourth-order valence-electron chi connectivity index (χ4n) is 2.79. The first-order valence-corrected chi connectivity index (χ1v) is 8.42. The molecule has 22 heavy (non-hydrogen) atoms. The van der Waals surface area contributed by atoms with Gasteiger partial charge in [-0.3, -0.25) is 14.4 Å². The molecule has 0 bridgehead atoms. The third-order valence-corrected chi connectivity index (χ3v) is 4.79. The van der Waals surface area contributed by atoms with Crippen LogP contribution >= 0.6 is 11.3 Å². The van der Waals surface area contributed by atoms with Gasteiger partial charge in [0.1, 0.15) is 5.69 Å². The number of nitrogens with zero attached hydrogens (tertiary/aromatic N) is 5. The maximum atomic E-state index is 12.5. The van der Waals surface area contributed by atoms with Crippen molar-refractivity contribution in [2.24, 2.45) is 7.05 Å². The molecule has 0 unspecified atom stereocenters. The van der Waals surface area contributed by atoms with Crippen LogP contribution in [0, 0.1) is 6.92 Å². The minimum Gasteiger partial charge on any atom is -0.336 e. The van der Waals surface area contributed by atoms with E-state index in [1.54, 1.807) is 28.3 Å². The molecule has 0 saturated carbocycles. The Kier molecular flexibility index (Phi) is 4.54. The van der Waals surface area contributed by atoms with Crippen LogP contribution in [-0.4, -0.2) is 56.7 Å². The zero-order valence-electron chi connectivity index (χ0n) is 13.0. The zero-order valence-corrected chi connectivity index (χ0v) is 13.8. The Bertz CT molecular complexity index is 650. The second-order valence-corrected chi connectivity index (χ2v) is 6.68. The van der Waals surface area contributed by atoms with Gasteiger partial charge < -0.3 is 4.90 Å². The molecule has 118 valence electrons. The molecule has 1 saturated heterocycles. The van der Waals surface area contributed by atoms with E-state index in [0.717, 1.165) is 49.8 Å². The molecule has 0 radical (unpaired) electrons. The summed E-state index contributed by atoms with van der Waals surface area (Å²) < 4.78 is 1.64. The number of aryl methyl sites for hydroxylation is 2. The quantitative estimate of drug-likeness (QED) is 0.861. The first kappa shape index (κ1) is 15.2. The zero-order chi connectivity index (χ0) is 15.5. The molecular weight excluding hydrogens is 298 g/mol. The minimum atomic E-state index is 0.0753. The molecule has 7 heteroatoms. The van der Waals surface area contributed by atoms with Gasteiger partial charge in [0.15, 0.2) is 0 Å². The molecule has 0 N–H and O–H groups in total. The van der Waals surface area contributed by atoms with Gasteiger partial charge in [-0.1, -0.05) is 0 Å². The topological polar surface area (TPSA) is 54.3 Å². The van der Waals surface area contributed by atoms with E-state index in [1.807, 2.05) is 18.9 Å². The van der Waals surface area contributed by atoms with Crippen molar-refractivity contribution in [3.63, 3.8) is 0 Å². The number of hydrogen-bond donors (Lipinski definition) is 0. The number of thiazole rings is 1. The largest absolute Gasteiger partial charge is 0.336 e. The van der Waals surface area contributed by atoms with Crippen LogP contribution in [0.15, 0.2) is 17.6 Å². The minimum absolute atomic E-state index is 0.0753. The van der Waals surface area contributed by atoms with Crippen LogP contribution in [0.3, 0.4) is 0 Å². The van der Waals surface area contributed by atoms with Gasteiger partial charge in [-0.25, -0.2) is 4.98 Å². The van der Waals surface area contributed by atoms with Gasteiger partial charge in [0.25, 0.3) is 5.91 Å².